The van der Waals surface area contributed by atoms with Crippen LogP contribution >= 0.6 is 11.6 Å². The van der Waals surface area contributed by atoms with Crippen LogP contribution in [-0.4, -0.2) is 93.0 Å². The Balaban J connectivity index is 0.879. The molecule has 19 heteroatoms. The number of halogens is 3. The molecule has 2 aromatic heterocycles. The zero-order chi connectivity index (χ0) is 55.8. The van der Waals surface area contributed by atoms with Crippen LogP contribution in [0.2, 0.25) is 5.02 Å². The molecule has 0 spiro atoms. The van der Waals surface area contributed by atoms with Crippen LogP contribution in [0.5, 0.6) is 5.75 Å². The Labute approximate surface area is 455 Å². The van der Waals surface area contributed by atoms with Crippen LogP contribution in [-0.2, 0) is 16.1 Å². The highest BCUT2D eigenvalue weighted by Crippen LogP contribution is 2.41. The molecule has 404 valence electrons. The number of likely N-dealkylation sites (N-methyl/N-ethyl adjacent to an activating group) is 1. The number of aromatic nitrogens is 4. The number of nitrogens with zero attached hydrogens (tertiary/aromatic N) is 6. The number of nitrogens with two attached hydrogens (primary N) is 1. The quantitative estimate of drug-likeness (QED) is 0.0456. The van der Waals surface area contributed by atoms with Gasteiger partial charge in [-0.2, -0.15) is 0 Å². The summed E-state index contributed by atoms with van der Waals surface area (Å²) in [5.74, 6) is -2.65. The Bertz CT molecular complexity index is 3460. The molecule has 4 N–H and O–H groups in total. The smallest absolute Gasteiger partial charge is 0.407 e. The third-order valence-corrected chi connectivity index (χ3v) is 13.7. The number of anilines is 2. The van der Waals surface area contributed by atoms with Crippen molar-refractivity contribution in [3.63, 3.8) is 0 Å². The molecule has 2 heterocycles. The lowest BCUT2D eigenvalue weighted by Crippen LogP contribution is -2.42. The Morgan fingerprint density at radius 2 is 1.68 bits per heavy atom. The number of hydrogen-bond donors (Lipinski definition) is 3. The molecule has 1 aliphatic rings. The van der Waals surface area contributed by atoms with E-state index in [0.29, 0.717) is 38.8 Å². The Morgan fingerprint density at radius 3 is 2.38 bits per heavy atom. The highest BCUT2D eigenvalue weighted by molar-refractivity contribution is 6.31. The fourth-order valence-corrected chi connectivity index (χ4v) is 9.26. The number of alkyl carbamates (subject to hydrolysis) is 1. The Kier molecular flexibility index (Phi) is 17.6. The van der Waals surface area contributed by atoms with E-state index in [9.17, 15) is 24.0 Å². The predicted molar refractivity (Wildman–Crippen MR) is 295 cm³/mol. The highest BCUT2D eigenvalue weighted by Gasteiger charge is 2.33. The molecule has 1 saturated carbocycles. The van der Waals surface area contributed by atoms with Gasteiger partial charge in [0.25, 0.3) is 23.3 Å². The normalized spacial score (nSPS) is 12.5. The minimum atomic E-state index is -0.825. The average molecular weight is 1080 g/mol. The summed E-state index contributed by atoms with van der Waals surface area (Å²) in [6, 6.07) is 27.8. The minimum absolute atomic E-state index is 0.00754. The monoisotopic (exact) mass is 1080 g/mol. The lowest BCUT2D eigenvalue weighted by atomic mass is 9.98. The van der Waals surface area contributed by atoms with E-state index < -0.39 is 42.2 Å². The molecule has 0 bridgehead atoms. The van der Waals surface area contributed by atoms with Crippen molar-refractivity contribution in [1.29, 1.82) is 0 Å². The zero-order valence-electron chi connectivity index (χ0n) is 43.9. The van der Waals surface area contributed by atoms with Crippen molar-refractivity contribution in [3.8, 4) is 17.0 Å². The number of rotatable bonds is 21. The van der Waals surface area contributed by atoms with Gasteiger partial charge in [0, 0.05) is 47.5 Å². The Morgan fingerprint density at radius 1 is 0.936 bits per heavy atom. The number of amides is 4. The first kappa shape index (κ1) is 55.7. The van der Waals surface area contributed by atoms with E-state index in [2.05, 4.69) is 27.2 Å². The van der Waals surface area contributed by atoms with Gasteiger partial charge in [-0.15, -0.1) is 0 Å². The third-order valence-electron chi connectivity index (χ3n) is 13.5. The second-order valence-corrected chi connectivity index (χ2v) is 20.1. The molecule has 0 saturated heterocycles. The molecular weight excluding hydrogens is 1020 g/mol. The van der Waals surface area contributed by atoms with Crippen LogP contribution in [0, 0.1) is 31.4 Å². The number of hydrogen-bond acceptors (Lipinski definition) is 11. The van der Waals surface area contributed by atoms with Crippen molar-refractivity contribution in [2.75, 3.05) is 50.9 Å². The summed E-state index contributed by atoms with van der Waals surface area (Å²) in [6.07, 6.45) is 2.56. The molecule has 5 aromatic carbocycles. The van der Waals surface area contributed by atoms with Crippen molar-refractivity contribution in [3.05, 3.63) is 188 Å². The van der Waals surface area contributed by atoms with Crippen LogP contribution in [0.3, 0.4) is 0 Å². The number of nitrogens with one attached hydrogen (secondary N) is 2. The average Bonchev–Trinajstić information content (AvgIpc) is 4.30. The first-order valence-corrected chi connectivity index (χ1v) is 25.9. The summed E-state index contributed by atoms with van der Waals surface area (Å²) in [4.78, 5) is 84.9. The summed E-state index contributed by atoms with van der Waals surface area (Å²) < 4.78 is 43.2. The fraction of sp³-hybridized carbons (Fsp3) is 0.288. The van der Waals surface area contributed by atoms with Gasteiger partial charge in [-0.1, -0.05) is 86.1 Å². The van der Waals surface area contributed by atoms with E-state index in [1.54, 1.807) is 52.8 Å². The fourth-order valence-electron chi connectivity index (χ4n) is 9.10. The molecular formula is C59H60ClF2N9O7. The molecule has 1 fully saturated rings. The Hall–Kier alpha value is -8.51. The van der Waals surface area contributed by atoms with Gasteiger partial charge in [-0.05, 0) is 116 Å². The number of ether oxygens (including phenoxy) is 2. The molecule has 16 nitrogen and oxygen atoms in total. The van der Waals surface area contributed by atoms with Gasteiger partial charge in [0.05, 0.1) is 35.6 Å². The van der Waals surface area contributed by atoms with Gasteiger partial charge in [0.15, 0.2) is 11.6 Å². The second-order valence-electron chi connectivity index (χ2n) is 19.6. The molecule has 4 amide bonds. The van der Waals surface area contributed by atoms with Crippen molar-refractivity contribution in [2.24, 2.45) is 5.92 Å². The molecule has 0 aliphatic heterocycles. The number of aryl methyl sites for hydroxylation is 1. The summed E-state index contributed by atoms with van der Waals surface area (Å²) in [6.45, 7) is 11.1. The highest BCUT2D eigenvalue weighted by atomic mass is 35.5. The number of benzene rings is 5. The minimum Gasteiger partial charge on any atom is -0.486 e. The standard InChI is InChI=1S/C59H60ClF2N9O7/c1-34(2)51(54-67-49-28-42(60)20-22-45(49)58(75)71(54)31-38-11-8-7-9-12-38)70(57(74)40-15-13-35(3)14-16-40)24-10-23-64-59(76)78-32-36(4)56(73)69(6)25-26-77-52-50(65-33-66-53(52)63)46-29-43(61)30-48(37(46)5)68-55(72)44-21-19-41(27-47(44)62)39-17-18-39/h7-9,11-16,19-22,27-30,33-34,39,51H,4,10,17-18,23-26,31-32H2,1-3,5-6H3,(H,64,76)(H,68,72)(H2,63,65,66)/t51-/m1/s1. The van der Waals surface area contributed by atoms with Crippen molar-refractivity contribution >= 4 is 57.8 Å². The van der Waals surface area contributed by atoms with Gasteiger partial charge >= 0.3 is 6.09 Å². The van der Waals surface area contributed by atoms with E-state index in [1.165, 1.54) is 36.5 Å². The van der Waals surface area contributed by atoms with E-state index in [0.717, 1.165) is 35.6 Å². The zero-order valence-corrected chi connectivity index (χ0v) is 44.7. The number of nitrogen functional groups attached to an aromatic ring is 1. The molecule has 1 atom stereocenters. The number of carbonyl (C=O) groups is 4. The third kappa shape index (κ3) is 13.2. The van der Waals surface area contributed by atoms with E-state index in [1.807, 2.05) is 63.2 Å². The maximum Gasteiger partial charge on any atom is 0.407 e. The summed E-state index contributed by atoms with van der Waals surface area (Å²) in [5, 5.41) is 6.11. The van der Waals surface area contributed by atoms with Crippen LogP contribution in [0.4, 0.5) is 25.1 Å². The van der Waals surface area contributed by atoms with Gasteiger partial charge in [0.2, 0.25) is 0 Å². The van der Waals surface area contributed by atoms with Crippen LogP contribution in [0.15, 0.2) is 126 Å². The van der Waals surface area contributed by atoms with Gasteiger partial charge in [-0.25, -0.2) is 28.5 Å². The first-order valence-electron chi connectivity index (χ1n) is 25.5. The van der Waals surface area contributed by atoms with E-state index in [-0.39, 0.29) is 96.2 Å². The summed E-state index contributed by atoms with van der Waals surface area (Å²) >= 11 is 6.41. The first-order chi connectivity index (χ1) is 37.4. The van der Waals surface area contributed by atoms with E-state index in [4.69, 9.17) is 31.8 Å². The molecule has 7 aromatic rings. The predicted octanol–water partition coefficient (Wildman–Crippen LogP) is 10.2. The van der Waals surface area contributed by atoms with Crippen molar-refractivity contribution < 1.29 is 37.4 Å². The van der Waals surface area contributed by atoms with Gasteiger partial charge in [0.1, 0.15) is 42.7 Å². The maximum absolute atomic E-state index is 15.2. The summed E-state index contributed by atoms with van der Waals surface area (Å²) in [5.41, 5.74) is 10.0. The molecule has 1 aliphatic carbocycles. The number of carbonyl (C=O) groups excluding carboxylic acids is 4. The molecule has 8 rings (SSSR count). The van der Waals surface area contributed by atoms with Crippen LogP contribution in [0.1, 0.15) is 93.9 Å². The largest absolute Gasteiger partial charge is 0.486 e. The van der Waals surface area contributed by atoms with E-state index >= 15 is 8.78 Å². The van der Waals surface area contributed by atoms with Crippen LogP contribution < -0.4 is 26.7 Å². The molecule has 78 heavy (non-hydrogen) atoms. The van der Waals surface area contributed by atoms with Crippen LogP contribution in [0.25, 0.3) is 22.2 Å². The molecule has 0 radical (unpaired) electrons. The SMILES string of the molecule is C=C(COC(=O)NCCCN(C(=O)c1ccc(C)cc1)[C@@H](c1nc2cc(Cl)ccc2c(=O)n1Cc1ccccc1)C(C)C)C(=O)N(C)CCOc1c(N)ncnc1-c1cc(F)cc(NC(=O)c2ccc(C3CC3)cc2F)c1C. The lowest BCUT2D eigenvalue weighted by molar-refractivity contribution is -0.126. The second kappa shape index (κ2) is 24.7. The maximum atomic E-state index is 15.2. The lowest BCUT2D eigenvalue weighted by Gasteiger charge is -2.35. The van der Waals surface area contributed by atoms with Crippen molar-refractivity contribution in [1.82, 2.24) is 34.6 Å². The topological polar surface area (TPSA) is 204 Å². The summed E-state index contributed by atoms with van der Waals surface area (Å²) in [7, 11) is 1.49. The number of fused-ring (bicyclic) bond motifs is 1. The van der Waals surface area contributed by atoms with Crippen molar-refractivity contribution in [2.45, 2.75) is 65.5 Å². The van der Waals surface area contributed by atoms with Gasteiger partial charge < -0.3 is 35.6 Å². The van der Waals surface area contributed by atoms with Gasteiger partial charge in [-0.3, -0.25) is 23.7 Å². The molecule has 0 unspecified atom stereocenters.